The SMILES string of the molecule is CC(C)C(C)(COCC(F)(F)F)C(=O)O. The zero-order valence-corrected chi connectivity index (χ0v) is 8.89. The third-order valence-electron chi connectivity index (χ3n) is 2.43. The number of hydrogen-bond donors (Lipinski definition) is 1. The van der Waals surface area contributed by atoms with Gasteiger partial charge in [-0.3, -0.25) is 4.79 Å². The van der Waals surface area contributed by atoms with Gasteiger partial charge in [-0.25, -0.2) is 0 Å². The minimum absolute atomic E-state index is 0.303. The smallest absolute Gasteiger partial charge is 0.411 e. The van der Waals surface area contributed by atoms with Crippen molar-refractivity contribution in [2.45, 2.75) is 26.9 Å². The van der Waals surface area contributed by atoms with Crippen LogP contribution in [0.15, 0.2) is 0 Å². The standard InChI is InChI=1S/C9H15F3O3/c1-6(2)8(3,7(13)14)4-15-5-9(10,11)12/h6H,4-5H2,1-3H3,(H,13,14). The molecule has 0 saturated carbocycles. The summed E-state index contributed by atoms with van der Waals surface area (Å²) in [6.45, 7) is 2.77. The van der Waals surface area contributed by atoms with Gasteiger partial charge in [-0.2, -0.15) is 13.2 Å². The molecule has 0 bridgehead atoms. The van der Waals surface area contributed by atoms with Gasteiger partial charge in [-0.15, -0.1) is 0 Å². The first kappa shape index (κ1) is 14.2. The van der Waals surface area contributed by atoms with E-state index in [1.165, 1.54) is 6.92 Å². The lowest BCUT2D eigenvalue weighted by atomic mass is 9.80. The summed E-state index contributed by atoms with van der Waals surface area (Å²) >= 11 is 0. The van der Waals surface area contributed by atoms with Crippen molar-refractivity contribution in [3.63, 3.8) is 0 Å². The van der Waals surface area contributed by atoms with Gasteiger partial charge >= 0.3 is 12.1 Å². The van der Waals surface area contributed by atoms with E-state index in [0.717, 1.165) is 0 Å². The highest BCUT2D eigenvalue weighted by atomic mass is 19.4. The maximum Gasteiger partial charge on any atom is 0.411 e. The van der Waals surface area contributed by atoms with E-state index in [4.69, 9.17) is 5.11 Å². The van der Waals surface area contributed by atoms with E-state index in [1.807, 2.05) is 0 Å². The van der Waals surface area contributed by atoms with Crippen LogP contribution in [0.25, 0.3) is 0 Å². The molecule has 1 N–H and O–H groups in total. The molecule has 1 atom stereocenters. The summed E-state index contributed by atoms with van der Waals surface area (Å²) in [5.41, 5.74) is -1.29. The molecule has 0 heterocycles. The van der Waals surface area contributed by atoms with Gasteiger partial charge in [0.05, 0.1) is 12.0 Å². The first-order valence-corrected chi connectivity index (χ1v) is 4.47. The molecule has 0 saturated heterocycles. The molecule has 0 rings (SSSR count). The fourth-order valence-electron chi connectivity index (χ4n) is 0.854. The summed E-state index contributed by atoms with van der Waals surface area (Å²) in [5, 5.41) is 8.87. The lowest BCUT2D eigenvalue weighted by Crippen LogP contribution is -2.38. The Hall–Kier alpha value is -0.780. The first-order chi connectivity index (χ1) is 6.59. The van der Waals surface area contributed by atoms with Gasteiger partial charge in [-0.05, 0) is 12.8 Å². The predicted molar refractivity (Wildman–Crippen MR) is 47.5 cm³/mol. The second kappa shape index (κ2) is 4.83. The Morgan fingerprint density at radius 2 is 1.80 bits per heavy atom. The second-order valence-electron chi connectivity index (χ2n) is 3.99. The second-order valence-corrected chi connectivity index (χ2v) is 3.99. The van der Waals surface area contributed by atoms with Crippen LogP contribution < -0.4 is 0 Å². The van der Waals surface area contributed by atoms with Crippen LogP contribution in [0.2, 0.25) is 0 Å². The maximum absolute atomic E-state index is 11.8. The average Bonchev–Trinajstić information content (AvgIpc) is 2.00. The number of aliphatic carboxylic acids is 1. The van der Waals surface area contributed by atoms with E-state index in [-0.39, 0.29) is 5.92 Å². The van der Waals surface area contributed by atoms with Crippen LogP contribution in [-0.4, -0.2) is 30.5 Å². The molecule has 6 heteroatoms. The molecule has 0 aromatic heterocycles. The lowest BCUT2D eigenvalue weighted by Gasteiger charge is -2.28. The molecule has 0 aromatic rings. The molecule has 1 unspecified atom stereocenters. The number of halogens is 3. The van der Waals surface area contributed by atoms with Crippen LogP contribution in [-0.2, 0) is 9.53 Å². The molecule has 90 valence electrons. The van der Waals surface area contributed by atoms with Crippen LogP contribution in [0.4, 0.5) is 13.2 Å². The largest absolute Gasteiger partial charge is 0.481 e. The summed E-state index contributed by atoms with van der Waals surface area (Å²) < 4.78 is 39.7. The Kier molecular flexibility index (Phi) is 4.58. The number of alkyl halides is 3. The fraction of sp³-hybridized carbons (Fsp3) is 0.889. The van der Waals surface area contributed by atoms with Crippen LogP contribution in [0.1, 0.15) is 20.8 Å². The Labute approximate surface area is 86.2 Å². The van der Waals surface area contributed by atoms with Crippen molar-refractivity contribution in [1.29, 1.82) is 0 Å². The first-order valence-electron chi connectivity index (χ1n) is 4.47. The van der Waals surface area contributed by atoms with Crippen LogP contribution in [0.5, 0.6) is 0 Å². The highest BCUT2D eigenvalue weighted by molar-refractivity contribution is 5.74. The third kappa shape index (κ3) is 4.51. The van der Waals surface area contributed by atoms with Gasteiger partial charge in [0, 0.05) is 0 Å². The summed E-state index contributed by atoms with van der Waals surface area (Å²) in [5.74, 6) is -1.46. The molecule has 0 aliphatic heterocycles. The third-order valence-corrected chi connectivity index (χ3v) is 2.43. The molecular formula is C9H15F3O3. The van der Waals surface area contributed by atoms with E-state index in [2.05, 4.69) is 4.74 Å². The summed E-state index contributed by atoms with van der Waals surface area (Å²) in [6, 6.07) is 0. The highest BCUT2D eigenvalue weighted by Crippen LogP contribution is 2.28. The molecule has 0 aromatic carbocycles. The van der Waals surface area contributed by atoms with Crippen molar-refractivity contribution < 1.29 is 27.8 Å². The summed E-state index contributed by atoms with van der Waals surface area (Å²) in [7, 11) is 0. The quantitative estimate of drug-likeness (QED) is 0.785. The Morgan fingerprint density at radius 1 is 1.33 bits per heavy atom. The molecule has 3 nitrogen and oxygen atoms in total. The number of carboxylic acid groups (broad SMARTS) is 1. The molecule has 0 aliphatic rings. The van der Waals surface area contributed by atoms with Crippen LogP contribution >= 0.6 is 0 Å². The Morgan fingerprint density at radius 3 is 2.07 bits per heavy atom. The van der Waals surface area contributed by atoms with E-state index < -0.39 is 30.8 Å². The molecule has 0 aliphatic carbocycles. The van der Waals surface area contributed by atoms with E-state index >= 15 is 0 Å². The minimum Gasteiger partial charge on any atom is -0.481 e. The summed E-state index contributed by atoms with van der Waals surface area (Å²) in [6.07, 6.45) is -4.42. The fourth-order valence-corrected chi connectivity index (χ4v) is 0.854. The van der Waals surface area contributed by atoms with Crippen molar-refractivity contribution in [2.75, 3.05) is 13.2 Å². The van der Waals surface area contributed by atoms with Gasteiger partial charge in [0.15, 0.2) is 0 Å². The number of carbonyl (C=O) groups is 1. The topological polar surface area (TPSA) is 46.5 Å². The Balaban J connectivity index is 4.28. The van der Waals surface area contributed by atoms with Gasteiger partial charge in [0.25, 0.3) is 0 Å². The lowest BCUT2D eigenvalue weighted by molar-refractivity contribution is -0.188. The van der Waals surface area contributed by atoms with E-state index in [9.17, 15) is 18.0 Å². The number of carboxylic acids is 1. The van der Waals surface area contributed by atoms with Crippen molar-refractivity contribution in [3.8, 4) is 0 Å². The number of ether oxygens (including phenoxy) is 1. The highest BCUT2D eigenvalue weighted by Gasteiger charge is 2.38. The number of hydrogen-bond acceptors (Lipinski definition) is 2. The summed E-state index contributed by atoms with van der Waals surface area (Å²) in [4.78, 5) is 10.9. The van der Waals surface area contributed by atoms with E-state index in [1.54, 1.807) is 13.8 Å². The van der Waals surface area contributed by atoms with Crippen LogP contribution in [0.3, 0.4) is 0 Å². The normalized spacial score (nSPS) is 16.5. The Bertz CT molecular complexity index is 225. The molecule has 0 fully saturated rings. The maximum atomic E-state index is 11.8. The minimum atomic E-state index is -4.42. The monoisotopic (exact) mass is 228 g/mol. The molecular weight excluding hydrogens is 213 g/mol. The van der Waals surface area contributed by atoms with Gasteiger partial charge in [0.1, 0.15) is 6.61 Å². The van der Waals surface area contributed by atoms with Gasteiger partial charge in [0.2, 0.25) is 0 Å². The van der Waals surface area contributed by atoms with Crippen molar-refractivity contribution in [2.24, 2.45) is 11.3 Å². The number of rotatable bonds is 5. The molecule has 0 radical (unpaired) electrons. The predicted octanol–water partition coefficient (Wildman–Crippen LogP) is 2.31. The average molecular weight is 228 g/mol. The van der Waals surface area contributed by atoms with Crippen molar-refractivity contribution in [3.05, 3.63) is 0 Å². The molecule has 0 spiro atoms. The van der Waals surface area contributed by atoms with Crippen LogP contribution in [0, 0.1) is 11.3 Å². The molecule has 0 amide bonds. The zero-order valence-electron chi connectivity index (χ0n) is 8.89. The van der Waals surface area contributed by atoms with Gasteiger partial charge in [-0.1, -0.05) is 13.8 Å². The zero-order chi connectivity index (χ0) is 12.3. The van der Waals surface area contributed by atoms with E-state index in [0.29, 0.717) is 0 Å². The van der Waals surface area contributed by atoms with Crippen molar-refractivity contribution in [1.82, 2.24) is 0 Å². The molecule has 15 heavy (non-hydrogen) atoms. The van der Waals surface area contributed by atoms with Crippen molar-refractivity contribution >= 4 is 5.97 Å². The van der Waals surface area contributed by atoms with Gasteiger partial charge < -0.3 is 9.84 Å².